The van der Waals surface area contributed by atoms with Gasteiger partial charge in [-0.25, -0.2) is 0 Å². The van der Waals surface area contributed by atoms with Crippen LogP contribution in [0.5, 0.6) is 0 Å². The summed E-state index contributed by atoms with van der Waals surface area (Å²) in [7, 11) is 0. The molecule has 0 radical (unpaired) electrons. The first-order valence-corrected chi connectivity index (χ1v) is 8.85. The zero-order chi connectivity index (χ0) is 19.4. The lowest BCUT2D eigenvalue weighted by atomic mass is 9.93. The molecule has 0 saturated heterocycles. The van der Waals surface area contributed by atoms with E-state index >= 15 is 0 Å². The Bertz CT molecular complexity index is 800. The fourth-order valence-corrected chi connectivity index (χ4v) is 3.20. The maximum atomic E-state index is 12.9. The Kier molecular flexibility index (Phi) is 5.70. The minimum absolute atomic E-state index is 0.0116. The Morgan fingerprint density at radius 3 is 2.41 bits per heavy atom. The fraction of sp³-hybridized carbons (Fsp3) is 0.350. The summed E-state index contributed by atoms with van der Waals surface area (Å²) in [6.45, 7) is 0. The Balaban J connectivity index is 1.75. The molecule has 4 nitrogen and oxygen atoms in total. The van der Waals surface area contributed by atoms with Crippen LogP contribution in [0.3, 0.4) is 0 Å². The van der Waals surface area contributed by atoms with E-state index in [1.807, 2.05) is 0 Å². The third-order valence-electron chi connectivity index (χ3n) is 4.67. The normalized spacial score (nSPS) is 20.1. The number of alkyl halides is 3. The van der Waals surface area contributed by atoms with Gasteiger partial charge in [0.2, 0.25) is 0 Å². The van der Waals surface area contributed by atoms with Crippen molar-refractivity contribution in [3.63, 3.8) is 0 Å². The van der Waals surface area contributed by atoms with Crippen molar-refractivity contribution in [2.45, 2.75) is 44.0 Å². The lowest BCUT2D eigenvalue weighted by Gasteiger charge is -2.26. The summed E-state index contributed by atoms with van der Waals surface area (Å²) < 4.78 is 38.7. The van der Waals surface area contributed by atoms with Gasteiger partial charge in [-0.05, 0) is 56.0 Å². The van der Waals surface area contributed by atoms with Crippen molar-refractivity contribution in [3.8, 4) is 0 Å². The van der Waals surface area contributed by atoms with Crippen LogP contribution in [0.15, 0.2) is 48.5 Å². The minimum atomic E-state index is -4.43. The van der Waals surface area contributed by atoms with Crippen LogP contribution in [0.2, 0.25) is 0 Å². The molecule has 1 saturated carbocycles. The highest BCUT2D eigenvalue weighted by atomic mass is 19.4. The predicted octanol–water partition coefficient (Wildman–Crippen LogP) is 4.48. The molecule has 7 heteroatoms. The van der Waals surface area contributed by atoms with Crippen LogP contribution in [0.25, 0.3) is 0 Å². The maximum absolute atomic E-state index is 12.9. The Morgan fingerprint density at radius 1 is 1.00 bits per heavy atom. The zero-order valence-corrected chi connectivity index (χ0v) is 14.6. The average molecular weight is 378 g/mol. The molecule has 0 aliphatic heterocycles. The van der Waals surface area contributed by atoms with Gasteiger partial charge >= 0.3 is 6.18 Å². The van der Waals surface area contributed by atoms with Gasteiger partial charge in [-0.2, -0.15) is 13.2 Å². The van der Waals surface area contributed by atoms with Gasteiger partial charge in [-0.1, -0.05) is 18.2 Å². The van der Waals surface area contributed by atoms with Crippen LogP contribution in [0.1, 0.15) is 41.6 Å². The number of hydrogen-bond donors (Lipinski definition) is 3. The van der Waals surface area contributed by atoms with Crippen molar-refractivity contribution in [1.82, 2.24) is 5.32 Å². The lowest BCUT2D eigenvalue weighted by molar-refractivity contribution is -0.137. The van der Waals surface area contributed by atoms with Crippen LogP contribution in [-0.4, -0.2) is 23.2 Å². The van der Waals surface area contributed by atoms with E-state index < -0.39 is 11.7 Å². The molecule has 1 aliphatic carbocycles. The molecule has 0 aromatic heterocycles. The smallest absolute Gasteiger partial charge is 0.393 e. The third-order valence-corrected chi connectivity index (χ3v) is 4.67. The average Bonchev–Trinajstić information content (AvgIpc) is 2.63. The van der Waals surface area contributed by atoms with E-state index in [0.29, 0.717) is 36.9 Å². The van der Waals surface area contributed by atoms with Gasteiger partial charge in [0.15, 0.2) is 0 Å². The summed E-state index contributed by atoms with van der Waals surface area (Å²) in [5.74, 6) is -0.286. The number of carbonyl (C=O) groups is 1. The highest BCUT2D eigenvalue weighted by molar-refractivity contribution is 6.00. The Hall–Kier alpha value is -2.54. The van der Waals surface area contributed by atoms with Gasteiger partial charge in [-0.15, -0.1) is 0 Å². The van der Waals surface area contributed by atoms with E-state index in [2.05, 4.69) is 10.6 Å². The molecule has 3 N–H and O–H groups in total. The van der Waals surface area contributed by atoms with Crippen molar-refractivity contribution in [1.29, 1.82) is 0 Å². The molecule has 27 heavy (non-hydrogen) atoms. The number of rotatable bonds is 4. The number of anilines is 2. The number of benzene rings is 2. The molecule has 3 rings (SSSR count). The number of aliphatic hydroxyl groups excluding tert-OH is 1. The monoisotopic (exact) mass is 378 g/mol. The highest BCUT2D eigenvalue weighted by Gasteiger charge is 2.30. The van der Waals surface area contributed by atoms with Crippen molar-refractivity contribution in [2.24, 2.45) is 0 Å². The first-order valence-electron chi connectivity index (χ1n) is 8.85. The van der Waals surface area contributed by atoms with E-state index in [1.54, 1.807) is 24.3 Å². The van der Waals surface area contributed by atoms with E-state index in [1.165, 1.54) is 12.1 Å². The second-order valence-corrected chi connectivity index (χ2v) is 6.73. The molecule has 2 aromatic rings. The summed E-state index contributed by atoms with van der Waals surface area (Å²) in [6.07, 6.45) is -2.04. The van der Waals surface area contributed by atoms with Gasteiger partial charge in [0, 0.05) is 11.7 Å². The van der Waals surface area contributed by atoms with Crippen molar-refractivity contribution < 1.29 is 23.1 Å². The molecule has 1 amide bonds. The third kappa shape index (κ3) is 5.01. The van der Waals surface area contributed by atoms with Crippen molar-refractivity contribution in [2.75, 3.05) is 5.32 Å². The van der Waals surface area contributed by atoms with Gasteiger partial charge in [0.05, 0.1) is 22.9 Å². The van der Waals surface area contributed by atoms with Crippen LogP contribution >= 0.6 is 0 Å². The van der Waals surface area contributed by atoms with E-state index in [4.69, 9.17) is 0 Å². The van der Waals surface area contributed by atoms with Crippen LogP contribution in [-0.2, 0) is 6.18 Å². The molecular weight excluding hydrogens is 357 g/mol. The topological polar surface area (TPSA) is 61.4 Å². The molecule has 0 unspecified atom stereocenters. The molecule has 0 atom stereocenters. The number of nitrogens with one attached hydrogen (secondary N) is 2. The first kappa shape index (κ1) is 19.2. The molecule has 0 spiro atoms. The number of hydrogen-bond acceptors (Lipinski definition) is 3. The highest BCUT2D eigenvalue weighted by Crippen LogP contribution is 2.32. The van der Waals surface area contributed by atoms with Gasteiger partial charge in [-0.3, -0.25) is 4.79 Å². The number of carbonyl (C=O) groups excluding carboxylic acids is 1. The van der Waals surface area contributed by atoms with Gasteiger partial charge in [0.25, 0.3) is 5.91 Å². The summed E-state index contributed by atoms with van der Waals surface area (Å²) in [4.78, 5) is 12.6. The minimum Gasteiger partial charge on any atom is -0.393 e. The van der Waals surface area contributed by atoms with Crippen LogP contribution in [0.4, 0.5) is 24.5 Å². The van der Waals surface area contributed by atoms with Gasteiger partial charge in [0.1, 0.15) is 0 Å². The summed E-state index contributed by atoms with van der Waals surface area (Å²) in [6, 6.07) is 11.5. The van der Waals surface area contributed by atoms with Crippen molar-refractivity contribution in [3.05, 3.63) is 59.7 Å². The standard InChI is InChI=1S/C20H21F3N2O2/c21-20(22,23)13-4-3-5-15(12-13)24-18-7-2-1-6-17(18)19(27)25-14-8-10-16(26)11-9-14/h1-7,12,14,16,24,26H,8-11H2,(H,25,27). The van der Waals surface area contributed by atoms with Gasteiger partial charge < -0.3 is 15.7 Å². The molecule has 0 heterocycles. The molecule has 1 aliphatic rings. The van der Waals surface area contributed by atoms with Crippen LogP contribution in [0, 0.1) is 0 Å². The zero-order valence-electron chi connectivity index (χ0n) is 14.6. The molecule has 2 aromatic carbocycles. The number of aliphatic hydroxyl groups is 1. The van der Waals surface area contributed by atoms with E-state index in [-0.39, 0.29) is 23.7 Å². The number of amides is 1. The van der Waals surface area contributed by atoms with E-state index in [0.717, 1.165) is 12.1 Å². The Morgan fingerprint density at radius 2 is 1.70 bits per heavy atom. The summed E-state index contributed by atoms with van der Waals surface area (Å²) in [5, 5.41) is 15.4. The fourth-order valence-electron chi connectivity index (χ4n) is 3.20. The molecular formula is C20H21F3N2O2. The molecule has 0 bridgehead atoms. The van der Waals surface area contributed by atoms with Crippen molar-refractivity contribution >= 4 is 17.3 Å². The lowest BCUT2D eigenvalue weighted by Crippen LogP contribution is -2.38. The summed E-state index contributed by atoms with van der Waals surface area (Å²) >= 11 is 0. The number of halogens is 3. The predicted molar refractivity (Wildman–Crippen MR) is 96.9 cm³/mol. The molecule has 144 valence electrons. The maximum Gasteiger partial charge on any atom is 0.416 e. The Labute approximate surface area is 155 Å². The SMILES string of the molecule is O=C(NC1CCC(O)CC1)c1ccccc1Nc1cccc(C(F)(F)F)c1. The largest absolute Gasteiger partial charge is 0.416 e. The van der Waals surface area contributed by atoms with Crippen LogP contribution < -0.4 is 10.6 Å². The quantitative estimate of drug-likeness (QED) is 0.735. The second-order valence-electron chi connectivity index (χ2n) is 6.73. The summed E-state index contributed by atoms with van der Waals surface area (Å²) in [5.41, 5.74) is 0.298. The first-order chi connectivity index (χ1) is 12.8. The second kappa shape index (κ2) is 8.00. The number of para-hydroxylation sites is 1. The molecule has 1 fully saturated rings. The van der Waals surface area contributed by atoms with E-state index in [9.17, 15) is 23.1 Å².